The highest BCUT2D eigenvalue weighted by atomic mass is 32.2. The molecule has 1 aromatic heterocycles. The first-order valence-electron chi connectivity index (χ1n) is 8.04. The summed E-state index contributed by atoms with van der Waals surface area (Å²) in [6.07, 6.45) is 2.13. The minimum atomic E-state index is -3.51. The number of piperidine rings is 1. The number of fused-ring (bicyclic) bond motifs is 1. The summed E-state index contributed by atoms with van der Waals surface area (Å²) >= 11 is 0. The van der Waals surface area contributed by atoms with Crippen LogP contribution in [0.1, 0.15) is 30.3 Å². The highest BCUT2D eigenvalue weighted by molar-refractivity contribution is 7.89. The van der Waals surface area contributed by atoms with Crippen LogP contribution in [0, 0.1) is 5.92 Å². The summed E-state index contributed by atoms with van der Waals surface area (Å²) in [7, 11) is -0.536. The number of nitrogens with zero attached hydrogens (tertiary/aromatic N) is 2. The van der Waals surface area contributed by atoms with Crippen molar-refractivity contribution in [1.82, 2.24) is 9.21 Å². The van der Waals surface area contributed by atoms with Crippen molar-refractivity contribution in [3.05, 3.63) is 30.0 Å². The van der Waals surface area contributed by atoms with Gasteiger partial charge in [-0.3, -0.25) is 4.79 Å². The second-order valence-electron chi connectivity index (χ2n) is 6.60. The lowest BCUT2D eigenvalue weighted by atomic mass is 10.0. The standard InChI is InChI=1S/C17H22N2O4S/c1-12-5-4-8-19(11-12)17(20)16-10-13-9-14(6-7-15(13)23-16)24(21,22)18(2)3/h6-7,9-10,12H,4-5,8,11H2,1-3H3. The average Bonchev–Trinajstić information content (AvgIpc) is 2.97. The van der Waals surface area contributed by atoms with Gasteiger partial charge in [0.2, 0.25) is 10.0 Å². The van der Waals surface area contributed by atoms with E-state index >= 15 is 0 Å². The summed E-state index contributed by atoms with van der Waals surface area (Å²) in [6.45, 7) is 3.60. The van der Waals surface area contributed by atoms with Crippen LogP contribution in [0.15, 0.2) is 33.6 Å². The second kappa shape index (κ2) is 6.22. The molecule has 0 N–H and O–H groups in total. The highest BCUT2D eigenvalue weighted by Crippen LogP contribution is 2.26. The molecule has 2 aromatic rings. The summed E-state index contributed by atoms with van der Waals surface area (Å²) in [5.74, 6) is 0.622. The minimum absolute atomic E-state index is 0.130. The van der Waals surface area contributed by atoms with Crippen LogP contribution in [-0.2, 0) is 10.0 Å². The molecule has 0 spiro atoms. The lowest BCUT2D eigenvalue weighted by Gasteiger charge is -2.30. The summed E-state index contributed by atoms with van der Waals surface area (Å²) in [6, 6.07) is 6.27. The van der Waals surface area contributed by atoms with Gasteiger partial charge in [-0.25, -0.2) is 12.7 Å². The van der Waals surface area contributed by atoms with Crippen LogP contribution in [0.2, 0.25) is 0 Å². The van der Waals surface area contributed by atoms with E-state index in [0.717, 1.165) is 30.2 Å². The molecule has 0 radical (unpaired) electrons. The van der Waals surface area contributed by atoms with E-state index in [1.54, 1.807) is 18.2 Å². The smallest absolute Gasteiger partial charge is 0.289 e. The third-order valence-corrected chi connectivity index (χ3v) is 6.23. The summed E-state index contributed by atoms with van der Waals surface area (Å²) < 4.78 is 31.2. The minimum Gasteiger partial charge on any atom is -0.451 e. The number of hydrogen-bond donors (Lipinski definition) is 0. The van der Waals surface area contributed by atoms with Crippen molar-refractivity contribution in [2.45, 2.75) is 24.7 Å². The van der Waals surface area contributed by atoms with E-state index in [4.69, 9.17) is 4.42 Å². The van der Waals surface area contributed by atoms with E-state index in [-0.39, 0.29) is 16.6 Å². The first-order valence-corrected chi connectivity index (χ1v) is 9.48. The number of rotatable bonds is 3. The zero-order valence-corrected chi connectivity index (χ0v) is 15.0. The first-order chi connectivity index (χ1) is 11.3. The van der Waals surface area contributed by atoms with Gasteiger partial charge in [-0.15, -0.1) is 0 Å². The van der Waals surface area contributed by atoms with E-state index in [0.29, 0.717) is 16.9 Å². The maximum absolute atomic E-state index is 12.6. The summed E-state index contributed by atoms with van der Waals surface area (Å²) in [4.78, 5) is 14.6. The number of amides is 1. The number of carbonyl (C=O) groups excluding carboxylic acids is 1. The van der Waals surface area contributed by atoms with Gasteiger partial charge in [-0.1, -0.05) is 6.92 Å². The lowest BCUT2D eigenvalue weighted by molar-refractivity contribution is 0.0653. The van der Waals surface area contributed by atoms with Crippen molar-refractivity contribution in [1.29, 1.82) is 0 Å². The zero-order chi connectivity index (χ0) is 17.5. The molecule has 1 amide bonds. The highest BCUT2D eigenvalue weighted by Gasteiger charge is 2.25. The molecule has 0 saturated carbocycles. The Balaban J connectivity index is 1.93. The van der Waals surface area contributed by atoms with Gasteiger partial charge in [0.15, 0.2) is 5.76 Å². The van der Waals surface area contributed by atoms with Crippen LogP contribution in [0.4, 0.5) is 0 Å². The average molecular weight is 350 g/mol. The van der Waals surface area contributed by atoms with Crippen molar-refractivity contribution in [3.8, 4) is 0 Å². The molecule has 6 nitrogen and oxygen atoms in total. The van der Waals surface area contributed by atoms with E-state index in [2.05, 4.69) is 6.92 Å². The van der Waals surface area contributed by atoms with Crippen molar-refractivity contribution in [3.63, 3.8) is 0 Å². The summed E-state index contributed by atoms with van der Waals surface area (Å²) in [5.41, 5.74) is 0.515. The molecule has 7 heteroatoms. The Morgan fingerprint density at radius 3 is 2.71 bits per heavy atom. The van der Waals surface area contributed by atoms with Gasteiger partial charge in [0.1, 0.15) is 5.58 Å². The Bertz CT molecular complexity index is 870. The predicted octanol–water partition coefficient (Wildman–Crippen LogP) is 2.56. The molecule has 1 aromatic carbocycles. The molecule has 1 fully saturated rings. The van der Waals surface area contributed by atoms with Gasteiger partial charge in [0.05, 0.1) is 4.90 Å². The Hall–Kier alpha value is -1.86. The fourth-order valence-electron chi connectivity index (χ4n) is 3.03. The fraction of sp³-hybridized carbons (Fsp3) is 0.471. The van der Waals surface area contributed by atoms with Crippen molar-refractivity contribution in [2.75, 3.05) is 27.2 Å². The molecule has 0 aliphatic carbocycles. The molecule has 2 heterocycles. The van der Waals surface area contributed by atoms with Gasteiger partial charge >= 0.3 is 0 Å². The van der Waals surface area contributed by atoms with Crippen LogP contribution in [0.5, 0.6) is 0 Å². The van der Waals surface area contributed by atoms with Gasteiger partial charge in [0, 0.05) is 32.6 Å². The molecular weight excluding hydrogens is 328 g/mol. The van der Waals surface area contributed by atoms with E-state index in [9.17, 15) is 13.2 Å². The topological polar surface area (TPSA) is 70.8 Å². The predicted molar refractivity (Wildman–Crippen MR) is 91.4 cm³/mol. The Morgan fingerprint density at radius 1 is 1.29 bits per heavy atom. The van der Waals surface area contributed by atoms with E-state index < -0.39 is 10.0 Å². The monoisotopic (exact) mass is 350 g/mol. The molecule has 1 aliphatic heterocycles. The number of benzene rings is 1. The van der Waals surface area contributed by atoms with Gasteiger partial charge in [0.25, 0.3) is 5.91 Å². The third-order valence-electron chi connectivity index (χ3n) is 4.42. The zero-order valence-electron chi connectivity index (χ0n) is 14.2. The maximum atomic E-state index is 12.6. The van der Waals surface area contributed by atoms with Gasteiger partial charge in [-0.2, -0.15) is 0 Å². The summed E-state index contributed by atoms with van der Waals surface area (Å²) in [5, 5.41) is 0.617. The van der Waals surface area contributed by atoms with E-state index in [1.165, 1.54) is 20.2 Å². The van der Waals surface area contributed by atoms with Gasteiger partial charge < -0.3 is 9.32 Å². The first kappa shape index (κ1) is 17.0. The Morgan fingerprint density at radius 2 is 2.04 bits per heavy atom. The van der Waals surface area contributed by atoms with Gasteiger partial charge in [-0.05, 0) is 43.0 Å². The van der Waals surface area contributed by atoms with Crippen molar-refractivity contribution >= 4 is 26.9 Å². The Kier molecular flexibility index (Phi) is 4.40. The second-order valence-corrected chi connectivity index (χ2v) is 8.75. The molecule has 24 heavy (non-hydrogen) atoms. The molecule has 0 bridgehead atoms. The maximum Gasteiger partial charge on any atom is 0.289 e. The van der Waals surface area contributed by atoms with Crippen LogP contribution in [0.25, 0.3) is 11.0 Å². The Labute approximate surface area is 142 Å². The van der Waals surface area contributed by atoms with Crippen LogP contribution < -0.4 is 0 Å². The number of furan rings is 1. The number of likely N-dealkylation sites (tertiary alicyclic amines) is 1. The largest absolute Gasteiger partial charge is 0.451 e. The normalized spacial score (nSPS) is 19.2. The lowest BCUT2D eigenvalue weighted by Crippen LogP contribution is -2.38. The molecule has 1 aliphatic rings. The fourth-order valence-corrected chi connectivity index (χ4v) is 3.97. The quantitative estimate of drug-likeness (QED) is 0.853. The van der Waals surface area contributed by atoms with Crippen molar-refractivity contribution in [2.24, 2.45) is 5.92 Å². The molecule has 1 saturated heterocycles. The number of carbonyl (C=O) groups is 1. The SMILES string of the molecule is CC1CCCN(C(=O)c2cc3cc(S(=O)(=O)N(C)C)ccc3o2)C1. The number of sulfonamides is 1. The van der Waals surface area contributed by atoms with Crippen LogP contribution in [-0.4, -0.2) is 50.7 Å². The molecule has 1 atom stereocenters. The molecule has 1 unspecified atom stereocenters. The van der Waals surface area contributed by atoms with Crippen LogP contribution >= 0.6 is 0 Å². The van der Waals surface area contributed by atoms with Crippen molar-refractivity contribution < 1.29 is 17.6 Å². The molecule has 3 rings (SSSR count). The van der Waals surface area contributed by atoms with Crippen LogP contribution in [0.3, 0.4) is 0 Å². The molecular formula is C17H22N2O4S. The third kappa shape index (κ3) is 3.06. The number of hydrogen-bond acceptors (Lipinski definition) is 4. The molecule has 130 valence electrons. The van der Waals surface area contributed by atoms with E-state index in [1.807, 2.05) is 4.90 Å².